The van der Waals surface area contributed by atoms with Gasteiger partial charge in [-0.25, -0.2) is 13.9 Å². The molecule has 1 aromatic carbocycles. The van der Waals surface area contributed by atoms with E-state index in [2.05, 4.69) is 4.90 Å². The van der Waals surface area contributed by atoms with E-state index in [-0.39, 0.29) is 41.5 Å². The Balaban J connectivity index is 1.49. The van der Waals surface area contributed by atoms with Gasteiger partial charge in [0, 0.05) is 38.3 Å². The van der Waals surface area contributed by atoms with Crippen molar-refractivity contribution < 1.29 is 23.8 Å². The van der Waals surface area contributed by atoms with Crippen LogP contribution in [-0.4, -0.2) is 97.9 Å². The molecule has 3 aromatic rings. The zero-order valence-electron chi connectivity index (χ0n) is 24.5. The molecule has 0 bridgehead atoms. The van der Waals surface area contributed by atoms with Gasteiger partial charge in [-0.05, 0) is 63.9 Å². The van der Waals surface area contributed by atoms with E-state index in [9.17, 15) is 19.1 Å². The fourth-order valence-corrected chi connectivity index (χ4v) is 5.76. The van der Waals surface area contributed by atoms with E-state index in [1.54, 1.807) is 46.5 Å². The Hall–Kier alpha value is -3.57. The molecule has 0 aliphatic carbocycles. The summed E-state index contributed by atoms with van der Waals surface area (Å²) < 4.78 is 21.2. The van der Waals surface area contributed by atoms with Gasteiger partial charge in [0.05, 0.1) is 35.3 Å². The zero-order valence-corrected chi connectivity index (χ0v) is 24.5. The van der Waals surface area contributed by atoms with Crippen LogP contribution < -0.4 is 4.90 Å². The number of hydrogen-bond acceptors (Lipinski definition) is 7. The van der Waals surface area contributed by atoms with Crippen molar-refractivity contribution in [3.05, 3.63) is 48.0 Å². The van der Waals surface area contributed by atoms with Crippen molar-refractivity contribution in [1.82, 2.24) is 24.4 Å². The third kappa shape index (κ3) is 5.78. The molecule has 0 radical (unpaired) electrons. The van der Waals surface area contributed by atoms with Crippen molar-refractivity contribution in [3.8, 4) is 11.3 Å². The van der Waals surface area contributed by atoms with Gasteiger partial charge in [0.25, 0.3) is 11.8 Å². The minimum absolute atomic E-state index is 0.00585. The summed E-state index contributed by atoms with van der Waals surface area (Å²) in [5, 5.41) is 15.1. The van der Waals surface area contributed by atoms with Crippen LogP contribution in [0, 0.1) is 11.7 Å². The number of fused-ring (bicyclic) bond motifs is 1. The number of imidazole rings is 1. The second-order valence-corrected chi connectivity index (χ2v) is 12.2. The number of hydrogen-bond donors (Lipinski definition) is 1. The lowest BCUT2D eigenvalue weighted by Gasteiger charge is -2.47. The van der Waals surface area contributed by atoms with Crippen molar-refractivity contribution in [3.63, 3.8) is 0 Å². The van der Waals surface area contributed by atoms with Crippen LogP contribution in [0.4, 0.5) is 10.1 Å². The maximum atomic E-state index is 13.9. The minimum Gasteiger partial charge on any atom is -0.383 e. The van der Waals surface area contributed by atoms with E-state index in [1.807, 2.05) is 33.8 Å². The number of piperazine rings is 1. The summed E-state index contributed by atoms with van der Waals surface area (Å²) >= 11 is 0. The van der Waals surface area contributed by atoms with Gasteiger partial charge in [-0.1, -0.05) is 13.8 Å². The molecule has 0 saturated carbocycles. The number of carbonyl (C=O) groups excluding carboxylic acids is 2. The normalized spacial score (nSPS) is 21.9. The van der Waals surface area contributed by atoms with Crippen molar-refractivity contribution >= 4 is 23.1 Å². The van der Waals surface area contributed by atoms with Crippen LogP contribution in [0.25, 0.3) is 16.9 Å². The maximum absolute atomic E-state index is 13.9. The summed E-state index contributed by atoms with van der Waals surface area (Å²) in [6.07, 6.45) is 0.576. The average molecular weight is 567 g/mol. The van der Waals surface area contributed by atoms with Gasteiger partial charge in [-0.15, -0.1) is 0 Å². The Morgan fingerprint density at radius 3 is 2.37 bits per heavy atom. The predicted octanol–water partition coefficient (Wildman–Crippen LogP) is 3.23. The number of amides is 2. The van der Waals surface area contributed by atoms with E-state index in [0.29, 0.717) is 44.1 Å². The standard InChI is InChI=1S/C30H39FN6O4/c1-18(2)26(38)29(40)34-11-12-36(30(5,6)17-34)28(39)24-16-37-27(32-24)25(35-14-19(3)41-20(4)15-35)13-23(33-37)21-7-9-22(31)10-8-21/h7-10,13,16,18-20,26,38H,11-12,14-15,17H2,1-6H3. The van der Waals surface area contributed by atoms with Gasteiger partial charge < -0.3 is 24.5 Å². The summed E-state index contributed by atoms with van der Waals surface area (Å²) in [7, 11) is 0. The van der Waals surface area contributed by atoms with Crippen molar-refractivity contribution in [2.45, 2.75) is 65.4 Å². The number of ether oxygens (including phenoxy) is 1. The number of carbonyl (C=O) groups is 2. The number of morpholine rings is 1. The van der Waals surface area contributed by atoms with Crippen molar-refractivity contribution in [1.29, 1.82) is 0 Å². The van der Waals surface area contributed by atoms with Crippen LogP contribution in [-0.2, 0) is 9.53 Å². The molecule has 2 amide bonds. The molecule has 1 N–H and O–H groups in total. The first-order valence-electron chi connectivity index (χ1n) is 14.2. The lowest BCUT2D eigenvalue weighted by molar-refractivity contribution is -0.146. The molecule has 2 aromatic heterocycles. The number of rotatable bonds is 5. The molecule has 2 fully saturated rings. The van der Waals surface area contributed by atoms with Gasteiger partial charge in [-0.2, -0.15) is 5.10 Å². The first-order chi connectivity index (χ1) is 19.3. The number of nitrogens with zero attached hydrogens (tertiary/aromatic N) is 6. The lowest BCUT2D eigenvalue weighted by Crippen LogP contribution is -2.63. The molecule has 4 heterocycles. The van der Waals surface area contributed by atoms with Crippen LogP contribution in [0.1, 0.15) is 52.0 Å². The zero-order chi connectivity index (χ0) is 29.6. The molecule has 0 spiro atoms. The summed E-state index contributed by atoms with van der Waals surface area (Å²) in [5.41, 5.74) is 2.31. The molecule has 2 aliphatic heterocycles. The van der Waals surface area contributed by atoms with Gasteiger partial charge >= 0.3 is 0 Å². The topological polar surface area (TPSA) is 104 Å². The van der Waals surface area contributed by atoms with Crippen LogP contribution in [0.5, 0.6) is 0 Å². The Morgan fingerprint density at radius 2 is 1.76 bits per heavy atom. The number of halogens is 1. The van der Waals surface area contributed by atoms with E-state index in [4.69, 9.17) is 14.8 Å². The quantitative estimate of drug-likeness (QED) is 0.506. The molecule has 10 nitrogen and oxygen atoms in total. The molecule has 5 rings (SSSR count). The van der Waals surface area contributed by atoms with Gasteiger partial charge in [0.2, 0.25) is 0 Å². The maximum Gasteiger partial charge on any atom is 0.274 e. The number of anilines is 1. The summed E-state index contributed by atoms with van der Waals surface area (Å²) in [6.45, 7) is 13.7. The summed E-state index contributed by atoms with van der Waals surface area (Å²) in [6, 6.07) is 8.09. The van der Waals surface area contributed by atoms with Crippen LogP contribution >= 0.6 is 0 Å². The molecule has 41 heavy (non-hydrogen) atoms. The van der Waals surface area contributed by atoms with E-state index in [0.717, 1.165) is 11.3 Å². The Morgan fingerprint density at radius 1 is 1.10 bits per heavy atom. The second-order valence-electron chi connectivity index (χ2n) is 12.2. The largest absolute Gasteiger partial charge is 0.383 e. The van der Waals surface area contributed by atoms with Crippen LogP contribution in [0.3, 0.4) is 0 Å². The lowest BCUT2D eigenvalue weighted by atomic mass is 9.96. The Labute approximate surface area is 239 Å². The third-order valence-corrected chi connectivity index (χ3v) is 7.87. The first-order valence-corrected chi connectivity index (χ1v) is 14.2. The van der Waals surface area contributed by atoms with Crippen molar-refractivity contribution in [2.75, 3.05) is 37.6 Å². The number of benzene rings is 1. The molecular weight excluding hydrogens is 527 g/mol. The minimum atomic E-state index is -1.07. The fraction of sp³-hybridized carbons (Fsp3) is 0.533. The first kappa shape index (κ1) is 28.9. The van der Waals surface area contributed by atoms with Gasteiger partial charge in [-0.3, -0.25) is 9.59 Å². The highest BCUT2D eigenvalue weighted by molar-refractivity contribution is 5.94. The van der Waals surface area contributed by atoms with Crippen LogP contribution in [0.15, 0.2) is 36.5 Å². The molecule has 2 aliphatic rings. The molecule has 2 saturated heterocycles. The number of aliphatic hydroxyl groups excluding tert-OH is 1. The number of aliphatic hydroxyl groups is 1. The SMILES string of the molecule is CC1CN(c2cc(-c3ccc(F)cc3)nn3cc(C(=O)N4CCN(C(=O)C(O)C(C)C)CC4(C)C)nc23)CC(C)O1. The smallest absolute Gasteiger partial charge is 0.274 e. The highest BCUT2D eigenvalue weighted by Crippen LogP contribution is 2.31. The summed E-state index contributed by atoms with van der Waals surface area (Å²) in [4.78, 5) is 37.0. The fourth-order valence-electron chi connectivity index (χ4n) is 5.76. The number of aromatic nitrogens is 3. The van der Waals surface area contributed by atoms with Gasteiger partial charge in [0.15, 0.2) is 5.65 Å². The third-order valence-electron chi connectivity index (χ3n) is 7.87. The molecule has 3 unspecified atom stereocenters. The molecule has 220 valence electrons. The van der Waals surface area contributed by atoms with Crippen LogP contribution in [0.2, 0.25) is 0 Å². The predicted molar refractivity (Wildman–Crippen MR) is 153 cm³/mol. The van der Waals surface area contributed by atoms with E-state index in [1.165, 1.54) is 12.1 Å². The molecular formula is C30H39FN6O4. The second kappa shape index (κ2) is 11.0. The molecule has 11 heteroatoms. The highest BCUT2D eigenvalue weighted by Gasteiger charge is 2.41. The monoisotopic (exact) mass is 566 g/mol. The summed E-state index contributed by atoms with van der Waals surface area (Å²) in [5.74, 6) is -1.09. The Bertz CT molecular complexity index is 1430. The molecule has 3 atom stereocenters. The highest BCUT2D eigenvalue weighted by atomic mass is 19.1. The Kier molecular flexibility index (Phi) is 7.78. The van der Waals surface area contributed by atoms with E-state index >= 15 is 0 Å². The average Bonchev–Trinajstić information content (AvgIpc) is 3.35. The van der Waals surface area contributed by atoms with Gasteiger partial charge in [0.1, 0.15) is 17.6 Å². The van der Waals surface area contributed by atoms with E-state index < -0.39 is 11.6 Å². The van der Waals surface area contributed by atoms with Crippen molar-refractivity contribution in [2.24, 2.45) is 5.92 Å².